The third-order valence-corrected chi connectivity index (χ3v) is 4.04. The number of nitrogens with zero attached hydrogens (tertiary/aromatic N) is 1. The highest BCUT2D eigenvalue weighted by Gasteiger charge is 2.23. The first kappa shape index (κ1) is 12.5. The normalized spacial score (nSPS) is 18.9. The molecule has 102 valence electrons. The van der Waals surface area contributed by atoms with Crippen molar-refractivity contribution < 1.29 is 4.79 Å². The molecule has 0 aromatic heterocycles. The first-order valence-electron chi connectivity index (χ1n) is 7.07. The summed E-state index contributed by atoms with van der Waals surface area (Å²) in [6.07, 6.45) is 3.53. The van der Waals surface area contributed by atoms with Gasteiger partial charge in [0.05, 0.1) is 6.54 Å². The maximum absolute atomic E-state index is 11.9. The number of nitrogen functional groups attached to an aromatic ring is 1. The van der Waals surface area contributed by atoms with Crippen molar-refractivity contribution in [2.75, 3.05) is 25.4 Å². The van der Waals surface area contributed by atoms with Crippen LogP contribution in [0.15, 0.2) is 18.2 Å². The summed E-state index contributed by atoms with van der Waals surface area (Å²) >= 11 is 0. The predicted octanol–water partition coefficient (Wildman–Crippen LogP) is 1.15. The lowest BCUT2D eigenvalue weighted by atomic mass is 9.98. The Morgan fingerprint density at radius 1 is 1.42 bits per heavy atom. The van der Waals surface area contributed by atoms with E-state index in [1.54, 1.807) is 0 Å². The molecule has 0 atom stereocenters. The average molecular weight is 259 g/mol. The minimum atomic E-state index is 0.143. The summed E-state index contributed by atoms with van der Waals surface area (Å²) < 4.78 is 0. The number of nitrogens with two attached hydrogens (primary N) is 1. The van der Waals surface area contributed by atoms with E-state index in [1.165, 1.54) is 24.0 Å². The van der Waals surface area contributed by atoms with Crippen molar-refractivity contribution in [3.8, 4) is 0 Å². The van der Waals surface area contributed by atoms with Crippen LogP contribution in [0.1, 0.15) is 24.0 Å². The van der Waals surface area contributed by atoms with Crippen molar-refractivity contribution >= 4 is 11.6 Å². The zero-order valence-electron chi connectivity index (χ0n) is 11.2. The fourth-order valence-corrected chi connectivity index (χ4v) is 2.64. The third-order valence-electron chi connectivity index (χ3n) is 4.04. The van der Waals surface area contributed by atoms with Gasteiger partial charge in [-0.1, -0.05) is 12.1 Å². The molecule has 1 fully saturated rings. The Hall–Kier alpha value is -1.55. The molecule has 3 rings (SSSR count). The van der Waals surface area contributed by atoms with Gasteiger partial charge in [-0.3, -0.25) is 9.69 Å². The lowest BCUT2D eigenvalue weighted by Crippen LogP contribution is -2.40. The number of hydrogen-bond acceptors (Lipinski definition) is 3. The van der Waals surface area contributed by atoms with Crippen LogP contribution < -0.4 is 11.1 Å². The number of anilines is 1. The average Bonchev–Trinajstić information content (AvgIpc) is 3.21. The van der Waals surface area contributed by atoms with Crippen LogP contribution in [0, 0.1) is 5.92 Å². The topological polar surface area (TPSA) is 58.4 Å². The van der Waals surface area contributed by atoms with Crippen LogP contribution in [-0.4, -0.2) is 30.4 Å². The minimum absolute atomic E-state index is 0.143. The highest BCUT2D eigenvalue weighted by Crippen LogP contribution is 2.27. The van der Waals surface area contributed by atoms with Crippen LogP contribution in [0.2, 0.25) is 0 Å². The summed E-state index contributed by atoms with van der Waals surface area (Å²) in [6, 6.07) is 6.08. The molecule has 4 nitrogen and oxygen atoms in total. The molecule has 1 aliphatic carbocycles. The predicted molar refractivity (Wildman–Crippen MR) is 75.6 cm³/mol. The molecular weight excluding hydrogens is 238 g/mol. The molecular formula is C15H21N3O. The molecule has 0 unspecified atom stereocenters. The van der Waals surface area contributed by atoms with Gasteiger partial charge in [-0.05, 0) is 42.4 Å². The molecule has 1 aliphatic heterocycles. The van der Waals surface area contributed by atoms with E-state index in [-0.39, 0.29) is 5.91 Å². The Labute approximate surface area is 114 Å². The number of rotatable bonds is 4. The van der Waals surface area contributed by atoms with E-state index in [0.717, 1.165) is 37.7 Å². The first-order valence-corrected chi connectivity index (χ1v) is 7.07. The lowest BCUT2D eigenvalue weighted by molar-refractivity contribution is -0.122. The van der Waals surface area contributed by atoms with Gasteiger partial charge in [0.25, 0.3) is 0 Å². The Kier molecular flexibility index (Phi) is 3.42. The Balaban J connectivity index is 1.55. The number of amides is 1. The van der Waals surface area contributed by atoms with E-state index < -0.39 is 0 Å². The van der Waals surface area contributed by atoms with Crippen molar-refractivity contribution in [3.05, 3.63) is 29.3 Å². The second-order valence-electron chi connectivity index (χ2n) is 5.69. The zero-order valence-corrected chi connectivity index (χ0v) is 11.2. The zero-order chi connectivity index (χ0) is 13.2. The monoisotopic (exact) mass is 259 g/mol. The molecule has 4 heteroatoms. The quantitative estimate of drug-likeness (QED) is 0.798. The molecule has 19 heavy (non-hydrogen) atoms. The second-order valence-corrected chi connectivity index (χ2v) is 5.69. The molecule has 3 N–H and O–H groups in total. The van der Waals surface area contributed by atoms with Gasteiger partial charge in [-0.15, -0.1) is 0 Å². The highest BCUT2D eigenvalue weighted by molar-refractivity contribution is 5.78. The largest absolute Gasteiger partial charge is 0.398 e. The van der Waals surface area contributed by atoms with E-state index in [2.05, 4.69) is 16.3 Å². The fraction of sp³-hybridized carbons (Fsp3) is 0.533. The number of carbonyl (C=O) groups excluding carboxylic acids is 1. The van der Waals surface area contributed by atoms with Crippen molar-refractivity contribution in [2.24, 2.45) is 5.92 Å². The van der Waals surface area contributed by atoms with Gasteiger partial charge in [0.1, 0.15) is 0 Å². The summed E-state index contributed by atoms with van der Waals surface area (Å²) in [5, 5.41) is 3.02. The number of hydrogen-bond donors (Lipinski definition) is 2. The van der Waals surface area contributed by atoms with Gasteiger partial charge in [0, 0.05) is 25.3 Å². The van der Waals surface area contributed by atoms with Crippen molar-refractivity contribution in [1.29, 1.82) is 0 Å². The molecule has 0 saturated heterocycles. The Morgan fingerprint density at radius 3 is 3.05 bits per heavy atom. The molecule has 0 radical (unpaired) electrons. The van der Waals surface area contributed by atoms with Gasteiger partial charge in [0.15, 0.2) is 0 Å². The van der Waals surface area contributed by atoms with Gasteiger partial charge >= 0.3 is 0 Å². The summed E-state index contributed by atoms with van der Waals surface area (Å²) in [5.41, 5.74) is 9.39. The van der Waals surface area contributed by atoms with Gasteiger partial charge in [-0.2, -0.15) is 0 Å². The van der Waals surface area contributed by atoms with E-state index in [1.807, 2.05) is 12.1 Å². The minimum Gasteiger partial charge on any atom is -0.398 e. The molecule has 1 aromatic carbocycles. The van der Waals surface area contributed by atoms with E-state index >= 15 is 0 Å². The highest BCUT2D eigenvalue weighted by atomic mass is 16.2. The van der Waals surface area contributed by atoms with Crippen LogP contribution >= 0.6 is 0 Å². The van der Waals surface area contributed by atoms with Crippen LogP contribution in [0.25, 0.3) is 0 Å². The van der Waals surface area contributed by atoms with Gasteiger partial charge in [-0.25, -0.2) is 0 Å². The summed E-state index contributed by atoms with van der Waals surface area (Å²) in [6.45, 7) is 3.07. The summed E-state index contributed by atoms with van der Waals surface area (Å²) in [5.74, 6) is 0.881. The van der Waals surface area contributed by atoms with Crippen molar-refractivity contribution in [2.45, 2.75) is 25.8 Å². The van der Waals surface area contributed by atoms with Crippen molar-refractivity contribution in [1.82, 2.24) is 10.2 Å². The Morgan fingerprint density at radius 2 is 2.26 bits per heavy atom. The van der Waals surface area contributed by atoms with E-state index in [9.17, 15) is 4.79 Å². The SMILES string of the molecule is Nc1cccc2c1CN(CC(=O)NCC1CC1)CC2. The van der Waals surface area contributed by atoms with Gasteiger partial charge < -0.3 is 11.1 Å². The number of benzene rings is 1. The third kappa shape index (κ3) is 3.07. The van der Waals surface area contributed by atoms with Crippen LogP contribution in [0.5, 0.6) is 0 Å². The van der Waals surface area contributed by atoms with Crippen molar-refractivity contribution in [3.63, 3.8) is 0 Å². The summed E-state index contributed by atoms with van der Waals surface area (Å²) in [4.78, 5) is 14.0. The molecule has 1 amide bonds. The van der Waals surface area contributed by atoms with Crippen LogP contribution in [0.3, 0.4) is 0 Å². The standard InChI is InChI=1S/C15H21N3O/c16-14-3-1-2-12-6-7-18(9-13(12)14)10-15(19)17-8-11-4-5-11/h1-3,11H,4-10,16H2,(H,17,19). The maximum atomic E-state index is 11.9. The van der Waals surface area contributed by atoms with Gasteiger partial charge in [0.2, 0.25) is 5.91 Å². The molecule has 1 aromatic rings. The maximum Gasteiger partial charge on any atom is 0.234 e. The van der Waals surface area contributed by atoms with E-state index in [4.69, 9.17) is 5.73 Å². The summed E-state index contributed by atoms with van der Waals surface area (Å²) in [7, 11) is 0. The van der Waals surface area contributed by atoms with Crippen LogP contribution in [0.4, 0.5) is 5.69 Å². The smallest absolute Gasteiger partial charge is 0.234 e. The lowest BCUT2D eigenvalue weighted by Gasteiger charge is -2.29. The number of nitrogens with one attached hydrogen (secondary N) is 1. The molecule has 1 saturated carbocycles. The Bertz CT molecular complexity index is 482. The number of carbonyl (C=O) groups is 1. The molecule has 0 bridgehead atoms. The molecule has 2 aliphatic rings. The van der Waals surface area contributed by atoms with E-state index in [0.29, 0.717) is 6.54 Å². The molecule has 0 spiro atoms. The first-order chi connectivity index (χ1) is 9.22. The fourth-order valence-electron chi connectivity index (χ4n) is 2.64. The number of fused-ring (bicyclic) bond motifs is 1. The molecule has 1 heterocycles. The second kappa shape index (κ2) is 5.21. The van der Waals surface area contributed by atoms with Crippen LogP contribution in [-0.2, 0) is 17.8 Å².